The van der Waals surface area contributed by atoms with Gasteiger partial charge in [-0.05, 0) is 13.3 Å². The Labute approximate surface area is 112 Å². The van der Waals surface area contributed by atoms with Crippen molar-refractivity contribution in [3.8, 4) is 10.6 Å². The van der Waals surface area contributed by atoms with E-state index >= 15 is 0 Å². The molecule has 0 atom stereocenters. The Morgan fingerprint density at radius 1 is 1.28 bits per heavy atom. The summed E-state index contributed by atoms with van der Waals surface area (Å²) in [5.74, 6) is 0.120. The van der Waals surface area contributed by atoms with Crippen molar-refractivity contribution >= 4 is 17.1 Å². The fraction of sp³-hybridized carbons (Fsp3) is 0.333. The second kappa shape index (κ2) is 5.44. The molecule has 1 heterocycles. The molecular formula is C15H17NOS. The van der Waals surface area contributed by atoms with E-state index in [-0.39, 0.29) is 5.78 Å². The second-order valence-electron chi connectivity index (χ2n) is 4.47. The molecule has 2 aromatic rings. The van der Waals surface area contributed by atoms with E-state index in [0.717, 1.165) is 34.0 Å². The molecule has 0 aliphatic rings. The molecule has 0 fully saturated rings. The molecule has 0 aliphatic heterocycles. The van der Waals surface area contributed by atoms with Crippen molar-refractivity contribution in [3.05, 3.63) is 40.4 Å². The lowest BCUT2D eigenvalue weighted by Gasteiger charge is -1.96. The predicted octanol–water partition coefficient (Wildman–Crippen LogP) is 4.27. The number of carbonyl (C=O) groups excluding carboxylic acids is 1. The van der Waals surface area contributed by atoms with Gasteiger partial charge >= 0.3 is 0 Å². The SMILES string of the molecule is CCCc1nc(-c2ccc(C)cc2)sc1C(C)=O. The zero-order chi connectivity index (χ0) is 13.1. The second-order valence-corrected chi connectivity index (χ2v) is 5.47. The van der Waals surface area contributed by atoms with Crippen LogP contribution in [0.1, 0.15) is 41.2 Å². The Morgan fingerprint density at radius 3 is 2.50 bits per heavy atom. The minimum atomic E-state index is 0.120. The lowest BCUT2D eigenvalue weighted by Crippen LogP contribution is -1.95. The molecule has 0 amide bonds. The van der Waals surface area contributed by atoms with E-state index in [2.05, 4.69) is 43.1 Å². The van der Waals surface area contributed by atoms with Crippen LogP contribution in [0.15, 0.2) is 24.3 Å². The Hall–Kier alpha value is -1.48. The third-order valence-electron chi connectivity index (χ3n) is 2.80. The summed E-state index contributed by atoms with van der Waals surface area (Å²) in [5.41, 5.74) is 3.27. The topological polar surface area (TPSA) is 30.0 Å². The third-order valence-corrected chi connectivity index (χ3v) is 4.05. The van der Waals surface area contributed by atoms with Gasteiger partial charge < -0.3 is 0 Å². The zero-order valence-corrected chi connectivity index (χ0v) is 11.8. The van der Waals surface area contributed by atoms with Gasteiger partial charge in [0.2, 0.25) is 0 Å². The highest BCUT2D eigenvalue weighted by Crippen LogP contribution is 2.29. The number of aromatic nitrogens is 1. The van der Waals surface area contributed by atoms with Crippen molar-refractivity contribution in [2.24, 2.45) is 0 Å². The van der Waals surface area contributed by atoms with Crippen LogP contribution in [-0.4, -0.2) is 10.8 Å². The molecule has 2 nitrogen and oxygen atoms in total. The summed E-state index contributed by atoms with van der Waals surface area (Å²) in [4.78, 5) is 17.0. The maximum absolute atomic E-state index is 11.6. The zero-order valence-electron chi connectivity index (χ0n) is 11.0. The van der Waals surface area contributed by atoms with E-state index in [1.807, 2.05) is 0 Å². The van der Waals surface area contributed by atoms with Gasteiger partial charge in [0.1, 0.15) is 5.01 Å². The maximum atomic E-state index is 11.6. The minimum Gasteiger partial charge on any atom is -0.294 e. The largest absolute Gasteiger partial charge is 0.294 e. The van der Waals surface area contributed by atoms with Gasteiger partial charge in [-0.2, -0.15) is 0 Å². The van der Waals surface area contributed by atoms with Crippen LogP contribution in [0.25, 0.3) is 10.6 Å². The fourth-order valence-electron chi connectivity index (χ4n) is 1.85. The Kier molecular flexibility index (Phi) is 3.92. The molecule has 94 valence electrons. The van der Waals surface area contributed by atoms with Crippen LogP contribution in [0.3, 0.4) is 0 Å². The summed E-state index contributed by atoms with van der Waals surface area (Å²) in [6.07, 6.45) is 1.88. The molecule has 0 N–H and O–H groups in total. The third kappa shape index (κ3) is 2.67. The first-order valence-corrected chi connectivity index (χ1v) is 7.01. The number of benzene rings is 1. The summed E-state index contributed by atoms with van der Waals surface area (Å²) >= 11 is 1.51. The summed E-state index contributed by atoms with van der Waals surface area (Å²) in [7, 11) is 0. The predicted molar refractivity (Wildman–Crippen MR) is 76.3 cm³/mol. The van der Waals surface area contributed by atoms with Gasteiger partial charge in [0.05, 0.1) is 10.6 Å². The van der Waals surface area contributed by atoms with E-state index < -0.39 is 0 Å². The summed E-state index contributed by atoms with van der Waals surface area (Å²) in [5, 5.41) is 0.948. The van der Waals surface area contributed by atoms with Crippen LogP contribution < -0.4 is 0 Å². The normalized spacial score (nSPS) is 10.6. The van der Waals surface area contributed by atoms with Crippen molar-refractivity contribution in [2.45, 2.75) is 33.6 Å². The van der Waals surface area contributed by atoms with Crippen molar-refractivity contribution in [2.75, 3.05) is 0 Å². The summed E-state index contributed by atoms with van der Waals surface area (Å²) in [6, 6.07) is 8.27. The van der Waals surface area contributed by atoms with Gasteiger partial charge in [-0.3, -0.25) is 4.79 Å². The number of nitrogens with zero attached hydrogens (tertiary/aromatic N) is 1. The number of hydrogen-bond donors (Lipinski definition) is 0. The quantitative estimate of drug-likeness (QED) is 0.767. The first-order valence-electron chi connectivity index (χ1n) is 6.19. The van der Waals surface area contributed by atoms with Crippen LogP contribution >= 0.6 is 11.3 Å². The molecule has 1 aromatic carbocycles. The van der Waals surface area contributed by atoms with Crippen LogP contribution in [0.4, 0.5) is 0 Å². The molecule has 0 spiro atoms. The number of carbonyl (C=O) groups is 1. The first kappa shape index (κ1) is 13.0. The fourth-order valence-corrected chi connectivity index (χ4v) is 2.87. The molecule has 3 heteroatoms. The van der Waals surface area contributed by atoms with Crippen molar-refractivity contribution < 1.29 is 4.79 Å². The van der Waals surface area contributed by atoms with Gasteiger partial charge in [0, 0.05) is 12.5 Å². The molecule has 2 rings (SSSR count). The number of aryl methyl sites for hydroxylation is 2. The van der Waals surface area contributed by atoms with Gasteiger partial charge in [-0.25, -0.2) is 4.98 Å². The number of hydrogen-bond acceptors (Lipinski definition) is 3. The molecule has 0 radical (unpaired) electrons. The van der Waals surface area contributed by atoms with Gasteiger partial charge in [0.15, 0.2) is 5.78 Å². The molecule has 0 aliphatic carbocycles. The van der Waals surface area contributed by atoms with Crippen LogP contribution in [0.2, 0.25) is 0 Å². The minimum absolute atomic E-state index is 0.120. The highest BCUT2D eigenvalue weighted by molar-refractivity contribution is 7.17. The number of ketones is 1. The monoisotopic (exact) mass is 259 g/mol. The van der Waals surface area contributed by atoms with E-state index in [9.17, 15) is 4.79 Å². The molecule has 0 saturated carbocycles. The smallest absolute Gasteiger partial charge is 0.171 e. The first-order chi connectivity index (χ1) is 8.61. The molecule has 1 aromatic heterocycles. The highest BCUT2D eigenvalue weighted by atomic mass is 32.1. The van der Waals surface area contributed by atoms with Gasteiger partial charge in [-0.1, -0.05) is 43.2 Å². The van der Waals surface area contributed by atoms with Crippen molar-refractivity contribution in [3.63, 3.8) is 0 Å². The molecule has 18 heavy (non-hydrogen) atoms. The molecule has 0 bridgehead atoms. The lowest BCUT2D eigenvalue weighted by atomic mass is 10.1. The Bertz CT molecular complexity index is 554. The lowest BCUT2D eigenvalue weighted by molar-refractivity contribution is 0.102. The Balaban J connectivity index is 2.42. The standard InChI is InChI=1S/C15H17NOS/c1-4-5-13-14(11(3)17)18-15(16-13)12-8-6-10(2)7-9-12/h6-9H,4-5H2,1-3H3. The van der Waals surface area contributed by atoms with E-state index in [1.165, 1.54) is 16.9 Å². The van der Waals surface area contributed by atoms with Gasteiger partial charge in [0.25, 0.3) is 0 Å². The van der Waals surface area contributed by atoms with E-state index in [0.29, 0.717) is 0 Å². The van der Waals surface area contributed by atoms with Crippen molar-refractivity contribution in [1.29, 1.82) is 0 Å². The van der Waals surface area contributed by atoms with Crippen LogP contribution in [0.5, 0.6) is 0 Å². The summed E-state index contributed by atoms with van der Waals surface area (Å²) in [6.45, 7) is 5.79. The molecule has 0 unspecified atom stereocenters. The number of rotatable bonds is 4. The average molecular weight is 259 g/mol. The van der Waals surface area contributed by atoms with Gasteiger partial charge in [-0.15, -0.1) is 11.3 Å². The number of thiazole rings is 1. The van der Waals surface area contributed by atoms with Crippen LogP contribution in [-0.2, 0) is 6.42 Å². The summed E-state index contributed by atoms with van der Waals surface area (Å²) < 4.78 is 0. The maximum Gasteiger partial charge on any atom is 0.171 e. The van der Waals surface area contributed by atoms with E-state index in [1.54, 1.807) is 6.92 Å². The molecule has 0 saturated heterocycles. The van der Waals surface area contributed by atoms with Crippen molar-refractivity contribution in [1.82, 2.24) is 4.98 Å². The molecular weight excluding hydrogens is 242 g/mol. The van der Waals surface area contributed by atoms with Crippen LogP contribution in [0, 0.1) is 6.92 Å². The Morgan fingerprint density at radius 2 is 1.94 bits per heavy atom. The number of Topliss-reactive ketones (excluding diaryl/α,β-unsaturated/α-hetero) is 1. The van der Waals surface area contributed by atoms with E-state index in [4.69, 9.17) is 0 Å². The average Bonchev–Trinajstić information content (AvgIpc) is 2.75. The highest BCUT2D eigenvalue weighted by Gasteiger charge is 2.15.